The second-order valence-corrected chi connectivity index (χ2v) is 4.39. The van der Waals surface area contributed by atoms with Crippen LogP contribution in [0.15, 0.2) is 0 Å². The van der Waals surface area contributed by atoms with Crippen molar-refractivity contribution in [3.05, 3.63) is 0 Å². The average Bonchev–Trinajstić information content (AvgIpc) is 2.00. The summed E-state index contributed by atoms with van der Waals surface area (Å²) in [6, 6.07) is 0. The van der Waals surface area contributed by atoms with Gasteiger partial charge in [0.1, 0.15) is 5.75 Å². The number of sulfone groups is 1. The highest BCUT2D eigenvalue weighted by Crippen LogP contribution is 1.90. The third-order valence-corrected chi connectivity index (χ3v) is 2.65. The zero-order valence-electron chi connectivity index (χ0n) is 6.74. The maximum Gasteiger partial charge on any atom is 0.322 e. The van der Waals surface area contributed by atoms with E-state index in [4.69, 9.17) is 6.42 Å². The number of carbonyl (C=O) groups is 1. The van der Waals surface area contributed by atoms with Gasteiger partial charge in [0.25, 0.3) is 0 Å². The van der Waals surface area contributed by atoms with E-state index in [1.54, 1.807) is 0 Å². The van der Waals surface area contributed by atoms with Crippen LogP contribution in [0.25, 0.3) is 0 Å². The van der Waals surface area contributed by atoms with Crippen LogP contribution in [-0.2, 0) is 19.4 Å². The zero-order chi connectivity index (χ0) is 9.61. The third-order valence-electron chi connectivity index (χ3n) is 1.09. The van der Waals surface area contributed by atoms with Gasteiger partial charge in [-0.1, -0.05) is 12.8 Å². The number of carbonyl (C=O) groups excluding carboxylic acids is 1. The average molecular weight is 190 g/mol. The topological polar surface area (TPSA) is 60.4 Å². The second-order valence-electron chi connectivity index (χ2n) is 2.04. The molecule has 4 nitrogen and oxygen atoms in total. The highest BCUT2D eigenvalue weighted by atomic mass is 32.2. The van der Waals surface area contributed by atoms with Crippen molar-refractivity contribution in [2.45, 2.75) is 6.92 Å². The van der Waals surface area contributed by atoms with Gasteiger partial charge in [-0.25, -0.2) is 8.42 Å². The Hall–Kier alpha value is -1.02. The minimum Gasteiger partial charge on any atom is -0.452 e. The van der Waals surface area contributed by atoms with Crippen LogP contribution in [0.3, 0.4) is 0 Å². The van der Waals surface area contributed by atoms with Crippen molar-refractivity contribution in [3.8, 4) is 12.3 Å². The van der Waals surface area contributed by atoms with E-state index in [1.165, 1.54) is 6.92 Å². The van der Waals surface area contributed by atoms with Gasteiger partial charge >= 0.3 is 5.97 Å². The molecule has 0 unspecified atom stereocenters. The largest absolute Gasteiger partial charge is 0.452 e. The molecule has 5 heteroatoms. The molecular weight excluding hydrogens is 180 g/mol. The summed E-state index contributed by atoms with van der Waals surface area (Å²) in [7, 11) is -3.29. The van der Waals surface area contributed by atoms with Gasteiger partial charge in [-0.15, -0.1) is 6.42 Å². The fourth-order valence-corrected chi connectivity index (χ4v) is 1.09. The van der Waals surface area contributed by atoms with Crippen molar-refractivity contribution in [1.29, 1.82) is 0 Å². The zero-order valence-corrected chi connectivity index (χ0v) is 7.56. The predicted molar refractivity (Wildman–Crippen MR) is 44.1 cm³/mol. The number of hydrogen-bond acceptors (Lipinski definition) is 4. The Bertz CT molecular complexity index is 283. The molecule has 0 aromatic rings. The lowest BCUT2D eigenvalue weighted by Crippen LogP contribution is -2.19. The van der Waals surface area contributed by atoms with E-state index in [0.29, 0.717) is 0 Å². The number of esters is 1. The van der Waals surface area contributed by atoms with E-state index in [9.17, 15) is 13.2 Å². The van der Waals surface area contributed by atoms with Gasteiger partial charge in [-0.05, 0) is 0 Å². The van der Waals surface area contributed by atoms with Gasteiger partial charge in [-0.2, -0.15) is 0 Å². The lowest BCUT2D eigenvalue weighted by molar-refractivity contribution is -0.139. The molecule has 0 bridgehead atoms. The lowest BCUT2D eigenvalue weighted by atomic mass is 10.7. The summed E-state index contributed by atoms with van der Waals surface area (Å²) in [5.41, 5.74) is 0. The van der Waals surface area contributed by atoms with E-state index in [1.807, 2.05) is 0 Å². The van der Waals surface area contributed by atoms with Crippen molar-refractivity contribution in [2.75, 3.05) is 18.1 Å². The van der Waals surface area contributed by atoms with Crippen LogP contribution in [0.1, 0.15) is 6.92 Å². The van der Waals surface area contributed by atoms with Crippen LogP contribution in [0, 0.1) is 12.3 Å². The summed E-state index contributed by atoms with van der Waals surface area (Å²) in [5, 5.41) is 0. The summed E-state index contributed by atoms with van der Waals surface area (Å²) in [6.07, 6.45) is 4.80. The monoisotopic (exact) mass is 190 g/mol. The molecule has 0 fully saturated rings. The summed E-state index contributed by atoms with van der Waals surface area (Å²) >= 11 is 0. The number of rotatable bonds is 4. The van der Waals surface area contributed by atoms with E-state index in [2.05, 4.69) is 10.7 Å². The summed E-state index contributed by atoms with van der Waals surface area (Å²) in [5.74, 6) is 0.605. The molecule has 68 valence electrons. The van der Waals surface area contributed by atoms with Crippen molar-refractivity contribution < 1.29 is 17.9 Å². The first-order valence-corrected chi connectivity index (χ1v) is 5.13. The first kappa shape index (κ1) is 11.0. The van der Waals surface area contributed by atoms with Crippen LogP contribution in [-0.4, -0.2) is 32.5 Å². The summed E-state index contributed by atoms with van der Waals surface area (Å²) < 4.78 is 26.0. The molecule has 0 spiro atoms. The number of ether oxygens (including phenoxy) is 1. The van der Waals surface area contributed by atoms with Crippen LogP contribution >= 0.6 is 0 Å². The quantitative estimate of drug-likeness (QED) is 0.447. The molecule has 0 heterocycles. The Morgan fingerprint density at radius 2 is 2.17 bits per heavy atom. The molecule has 0 saturated carbocycles. The SMILES string of the molecule is C#CCOC(=O)CS(=O)(=O)CC. The Kier molecular flexibility index (Phi) is 4.37. The predicted octanol–water partition coefficient (Wildman–Crippen LogP) is -0.402. The molecule has 0 N–H and O–H groups in total. The maximum absolute atomic E-state index is 10.8. The van der Waals surface area contributed by atoms with Gasteiger partial charge in [-0.3, -0.25) is 4.79 Å². The fraction of sp³-hybridized carbons (Fsp3) is 0.571. The van der Waals surface area contributed by atoms with Crippen LogP contribution in [0.5, 0.6) is 0 Å². The normalized spacial score (nSPS) is 10.3. The molecule has 0 aliphatic rings. The van der Waals surface area contributed by atoms with Gasteiger partial charge in [0.2, 0.25) is 0 Å². The Morgan fingerprint density at radius 3 is 2.58 bits per heavy atom. The minimum atomic E-state index is -3.29. The van der Waals surface area contributed by atoms with Crippen molar-refractivity contribution in [1.82, 2.24) is 0 Å². The van der Waals surface area contributed by atoms with Crippen molar-refractivity contribution in [3.63, 3.8) is 0 Å². The lowest BCUT2D eigenvalue weighted by Gasteiger charge is -1.99. The molecule has 0 aromatic carbocycles. The van der Waals surface area contributed by atoms with Gasteiger partial charge in [0, 0.05) is 5.75 Å². The van der Waals surface area contributed by atoms with Gasteiger partial charge < -0.3 is 4.74 Å². The standard InChI is InChI=1S/C7H10O4S/c1-3-5-11-7(8)6-12(9,10)4-2/h1H,4-6H2,2H3. The summed E-state index contributed by atoms with van der Waals surface area (Å²) in [6.45, 7) is 1.28. The molecule has 0 radical (unpaired) electrons. The second kappa shape index (κ2) is 4.78. The Morgan fingerprint density at radius 1 is 1.58 bits per heavy atom. The smallest absolute Gasteiger partial charge is 0.322 e. The van der Waals surface area contributed by atoms with Crippen molar-refractivity contribution >= 4 is 15.8 Å². The molecular formula is C7H10O4S. The molecule has 0 amide bonds. The van der Waals surface area contributed by atoms with E-state index < -0.39 is 21.6 Å². The fourth-order valence-electron chi connectivity index (χ4n) is 0.445. The molecule has 0 rings (SSSR count). The van der Waals surface area contributed by atoms with Crippen LogP contribution < -0.4 is 0 Å². The maximum atomic E-state index is 10.8. The van der Waals surface area contributed by atoms with Crippen molar-refractivity contribution in [2.24, 2.45) is 0 Å². The highest BCUT2D eigenvalue weighted by molar-refractivity contribution is 7.92. The molecule has 0 atom stereocenters. The van der Waals surface area contributed by atoms with Crippen LogP contribution in [0.2, 0.25) is 0 Å². The molecule has 0 aliphatic carbocycles. The highest BCUT2D eigenvalue weighted by Gasteiger charge is 2.14. The number of terminal acetylenes is 1. The van der Waals surface area contributed by atoms with E-state index >= 15 is 0 Å². The minimum absolute atomic E-state index is 0.0713. The summed E-state index contributed by atoms with van der Waals surface area (Å²) in [4.78, 5) is 10.7. The molecule has 0 saturated heterocycles. The molecule has 0 aromatic heterocycles. The Labute approximate surface area is 71.8 Å². The van der Waals surface area contributed by atoms with E-state index in [0.717, 1.165) is 0 Å². The first-order chi connectivity index (χ1) is 5.52. The van der Waals surface area contributed by atoms with Crippen LogP contribution in [0.4, 0.5) is 0 Å². The third kappa shape index (κ3) is 4.74. The Balaban J connectivity index is 3.95. The van der Waals surface area contributed by atoms with Gasteiger partial charge in [0.15, 0.2) is 16.4 Å². The molecule has 12 heavy (non-hydrogen) atoms. The first-order valence-electron chi connectivity index (χ1n) is 3.31. The molecule has 0 aliphatic heterocycles. The number of hydrogen-bond donors (Lipinski definition) is 0. The van der Waals surface area contributed by atoms with E-state index in [-0.39, 0.29) is 12.4 Å². The van der Waals surface area contributed by atoms with Gasteiger partial charge in [0.05, 0.1) is 0 Å².